The van der Waals surface area contributed by atoms with E-state index in [1.165, 1.54) is 13.2 Å². The van der Waals surface area contributed by atoms with Crippen LogP contribution in [0, 0.1) is 0 Å². The Kier molecular flexibility index (Phi) is 4.83. The lowest BCUT2D eigenvalue weighted by Gasteiger charge is -2.37. The predicted molar refractivity (Wildman–Crippen MR) is 99.5 cm³/mol. The molecule has 7 heteroatoms. The minimum absolute atomic E-state index is 0.103. The standard InChI is InChI=1S/C18H20BrNO4S/c1-18(2)11-14(13-6-4-5-7-15(13)24-18)20-25(21,22)17-10-12(19)8-9-16(17)23-3/h4-10,14,20H,11H2,1-3H3/t14-/m1/s1. The molecular formula is C18H20BrNO4S. The molecule has 0 spiro atoms. The number of benzene rings is 2. The van der Waals surface area contributed by atoms with Gasteiger partial charge in [0, 0.05) is 16.5 Å². The Hall–Kier alpha value is -1.57. The molecule has 1 aliphatic rings. The highest BCUT2D eigenvalue weighted by molar-refractivity contribution is 9.10. The van der Waals surface area contributed by atoms with E-state index < -0.39 is 15.6 Å². The molecule has 2 aromatic rings. The second-order valence-electron chi connectivity index (χ2n) is 6.57. The lowest BCUT2D eigenvalue weighted by Crippen LogP contribution is -2.41. The van der Waals surface area contributed by atoms with Crippen LogP contribution in [0.1, 0.15) is 31.9 Å². The van der Waals surface area contributed by atoms with Gasteiger partial charge in [0.25, 0.3) is 0 Å². The van der Waals surface area contributed by atoms with E-state index in [4.69, 9.17) is 9.47 Å². The van der Waals surface area contributed by atoms with Crippen LogP contribution in [0.2, 0.25) is 0 Å². The minimum Gasteiger partial charge on any atom is -0.495 e. The molecule has 0 amide bonds. The first-order valence-electron chi connectivity index (χ1n) is 7.86. The monoisotopic (exact) mass is 425 g/mol. The highest BCUT2D eigenvalue weighted by Gasteiger charge is 2.36. The fraction of sp³-hybridized carbons (Fsp3) is 0.333. The molecule has 1 heterocycles. The van der Waals surface area contributed by atoms with E-state index in [-0.39, 0.29) is 10.9 Å². The average molecular weight is 426 g/mol. The van der Waals surface area contributed by atoms with Crippen molar-refractivity contribution < 1.29 is 17.9 Å². The average Bonchev–Trinajstić information content (AvgIpc) is 2.53. The van der Waals surface area contributed by atoms with E-state index in [0.29, 0.717) is 22.4 Å². The molecule has 25 heavy (non-hydrogen) atoms. The smallest absolute Gasteiger partial charge is 0.244 e. The van der Waals surface area contributed by atoms with Crippen molar-refractivity contribution in [3.8, 4) is 11.5 Å². The molecule has 0 aromatic heterocycles. The van der Waals surface area contributed by atoms with Gasteiger partial charge in [0.2, 0.25) is 10.0 Å². The van der Waals surface area contributed by atoms with Crippen molar-refractivity contribution in [2.75, 3.05) is 7.11 Å². The van der Waals surface area contributed by atoms with Crippen molar-refractivity contribution in [3.05, 3.63) is 52.5 Å². The van der Waals surface area contributed by atoms with Gasteiger partial charge in [0.1, 0.15) is 22.0 Å². The largest absolute Gasteiger partial charge is 0.495 e. The van der Waals surface area contributed by atoms with E-state index in [9.17, 15) is 8.42 Å². The maximum atomic E-state index is 13.0. The first-order valence-corrected chi connectivity index (χ1v) is 10.1. The van der Waals surface area contributed by atoms with Gasteiger partial charge in [-0.05, 0) is 38.1 Å². The van der Waals surface area contributed by atoms with E-state index in [1.54, 1.807) is 12.1 Å². The number of para-hydroxylation sites is 1. The van der Waals surface area contributed by atoms with Crippen molar-refractivity contribution in [1.82, 2.24) is 4.72 Å². The first kappa shape index (κ1) is 18.2. The van der Waals surface area contributed by atoms with Crippen molar-refractivity contribution in [2.45, 2.75) is 36.8 Å². The van der Waals surface area contributed by atoms with Crippen LogP contribution in [-0.2, 0) is 10.0 Å². The third kappa shape index (κ3) is 3.83. The van der Waals surface area contributed by atoms with Gasteiger partial charge in [0.05, 0.1) is 13.2 Å². The Bertz CT molecular complexity index is 896. The maximum Gasteiger partial charge on any atom is 0.244 e. The van der Waals surface area contributed by atoms with Crippen molar-refractivity contribution in [3.63, 3.8) is 0 Å². The summed E-state index contributed by atoms with van der Waals surface area (Å²) in [4.78, 5) is 0.103. The van der Waals surface area contributed by atoms with Crippen LogP contribution in [-0.4, -0.2) is 21.1 Å². The Morgan fingerprint density at radius 3 is 2.68 bits per heavy atom. The van der Waals surface area contributed by atoms with Crippen LogP contribution < -0.4 is 14.2 Å². The van der Waals surface area contributed by atoms with E-state index in [0.717, 1.165) is 5.56 Å². The lowest BCUT2D eigenvalue weighted by atomic mass is 9.90. The molecule has 5 nitrogen and oxygen atoms in total. The highest BCUT2D eigenvalue weighted by atomic mass is 79.9. The molecule has 1 atom stereocenters. The number of fused-ring (bicyclic) bond motifs is 1. The summed E-state index contributed by atoms with van der Waals surface area (Å²) in [5.41, 5.74) is 0.363. The summed E-state index contributed by atoms with van der Waals surface area (Å²) in [5.74, 6) is 1.00. The van der Waals surface area contributed by atoms with Gasteiger partial charge < -0.3 is 9.47 Å². The van der Waals surface area contributed by atoms with Gasteiger partial charge in [0.15, 0.2) is 0 Å². The molecule has 0 bridgehead atoms. The molecule has 2 aromatic carbocycles. The zero-order valence-corrected chi connectivity index (χ0v) is 16.6. The third-order valence-electron chi connectivity index (χ3n) is 4.09. The first-order chi connectivity index (χ1) is 11.7. The molecule has 134 valence electrons. The molecule has 0 saturated carbocycles. The number of hydrogen-bond acceptors (Lipinski definition) is 4. The number of nitrogens with one attached hydrogen (secondary N) is 1. The molecule has 1 N–H and O–H groups in total. The topological polar surface area (TPSA) is 64.6 Å². The number of sulfonamides is 1. The fourth-order valence-electron chi connectivity index (χ4n) is 3.02. The summed E-state index contributed by atoms with van der Waals surface area (Å²) in [6.07, 6.45) is 0.527. The van der Waals surface area contributed by atoms with Crippen LogP contribution in [0.3, 0.4) is 0 Å². The molecule has 3 rings (SSSR count). The van der Waals surface area contributed by atoms with E-state index in [2.05, 4.69) is 20.7 Å². The van der Waals surface area contributed by atoms with Gasteiger partial charge >= 0.3 is 0 Å². The van der Waals surface area contributed by atoms with Gasteiger partial charge in [-0.2, -0.15) is 0 Å². The van der Waals surface area contributed by atoms with Gasteiger partial charge in [-0.1, -0.05) is 34.1 Å². The zero-order chi connectivity index (χ0) is 18.2. The van der Waals surface area contributed by atoms with Crippen molar-refractivity contribution >= 4 is 26.0 Å². The molecule has 0 saturated heterocycles. The lowest BCUT2D eigenvalue weighted by molar-refractivity contribution is 0.0702. The SMILES string of the molecule is COc1ccc(Br)cc1S(=O)(=O)N[C@@H]1CC(C)(C)Oc2ccccc21. The number of halogens is 1. The summed E-state index contributed by atoms with van der Waals surface area (Å²) < 4.78 is 40.7. The summed E-state index contributed by atoms with van der Waals surface area (Å²) >= 11 is 3.32. The fourth-order valence-corrected chi connectivity index (χ4v) is 4.94. The molecule has 0 unspecified atom stereocenters. The molecule has 0 radical (unpaired) electrons. The quantitative estimate of drug-likeness (QED) is 0.802. The predicted octanol–water partition coefficient (Wildman–Crippen LogP) is 4.04. The second-order valence-corrected chi connectivity index (χ2v) is 9.17. The summed E-state index contributed by atoms with van der Waals surface area (Å²) in [6.45, 7) is 3.90. The molecule has 1 aliphatic heterocycles. The third-order valence-corrected chi connectivity index (χ3v) is 6.08. The van der Waals surface area contributed by atoms with E-state index in [1.807, 2.05) is 38.1 Å². The van der Waals surface area contributed by atoms with Gasteiger partial charge in [-0.25, -0.2) is 13.1 Å². The maximum absolute atomic E-state index is 13.0. The summed E-state index contributed by atoms with van der Waals surface area (Å²) in [7, 11) is -2.33. The Labute approximate surface area is 156 Å². The summed E-state index contributed by atoms with van der Waals surface area (Å²) in [5, 5.41) is 0. The van der Waals surface area contributed by atoms with Crippen LogP contribution in [0.25, 0.3) is 0 Å². The van der Waals surface area contributed by atoms with Gasteiger partial charge in [-0.15, -0.1) is 0 Å². The normalized spacial score (nSPS) is 19.0. The van der Waals surface area contributed by atoms with Crippen LogP contribution >= 0.6 is 15.9 Å². The number of methoxy groups -OCH3 is 1. The zero-order valence-electron chi connectivity index (χ0n) is 14.2. The minimum atomic E-state index is -3.78. The summed E-state index contributed by atoms with van der Waals surface area (Å²) in [6, 6.07) is 12.0. The van der Waals surface area contributed by atoms with Crippen molar-refractivity contribution in [1.29, 1.82) is 0 Å². The Morgan fingerprint density at radius 2 is 1.96 bits per heavy atom. The molecule has 0 fully saturated rings. The van der Waals surface area contributed by atoms with Crippen molar-refractivity contribution in [2.24, 2.45) is 0 Å². The number of hydrogen-bond donors (Lipinski definition) is 1. The number of rotatable bonds is 4. The molecule has 0 aliphatic carbocycles. The number of ether oxygens (including phenoxy) is 2. The van der Waals surface area contributed by atoms with Crippen LogP contribution in [0.4, 0.5) is 0 Å². The molecular weight excluding hydrogens is 406 g/mol. The van der Waals surface area contributed by atoms with Crippen LogP contribution in [0.15, 0.2) is 51.8 Å². The van der Waals surface area contributed by atoms with Crippen LogP contribution in [0.5, 0.6) is 11.5 Å². The highest BCUT2D eigenvalue weighted by Crippen LogP contribution is 2.40. The van der Waals surface area contributed by atoms with Gasteiger partial charge in [-0.3, -0.25) is 0 Å². The Morgan fingerprint density at radius 1 is 1.24 bits per heavy atom. The van der Waals surface area contributed by atoms with E-state index >= 15 is 0 Å². The second kappa shape index (κ2) is 6.63. The Balaban J connectivity index is 2.00.